The van der Waals surface area contributed by atoms with Gasteiger partial charge in [-0.3, -0.25) is 9.59 Å². The van der Waals surface area contributed by atoms with Gasteiger partial charge < -0.3 is 24.4 Å². The van der Waals surface area contributed by atoms with Crippen molar-refractivity contribution >= 4 is 23.2 Å². The second-order valence-electron chi connectivity index (χ2n) is 7.07. The molecule has 2 aromatic rings. The summed E-state index contributed by atoms with van der Waals surface area (Å²) in [6, 6.07) is 14.5. The topological polar surface area (TPSA) is 101 Å². The lowest BCUT2D eigenvalue weighted by atomic mass is 10.1. The maximum atomic E-state index is 12.7. The zero-order valence-electron chi connectivity index (χ0n) is 16.3. The number of amides is 2. The minimum Gasteiger partial charge on any atom is -0.493 e. The zero-order valence-corrected chi connectivity index (χ0v) is 16.3. The Morgan fingerprint density at radius 2 is 2.10 bits per heavy atom. The number of hydrogen-bond acceptors (Lipinski definition) is 6. The summed E-state index contributed by atoms with van der Waals surface area (Å²) in [5.74, 6) is 1.09. The highest BCUT2D eigenvalue weighted by Crippen LogP contribution is 2.37. The first kappa shape index (κ1) is 19.6. The van der Waals surface area contributed by atoms with Gasteiger partial charge in [0, 0.05) is 42.9 Å². The molecule has 4 rings (SSSR count). The van der Waals surface area contributed by atoms with E-state index in [2.05, 4.69) is 11.4 Å². The molecule has 1 unspecified atom stereocenters. The lowest BCUT2D eigenvalue weighted by Gasteiger charge is -2.17. The van der Waals surface area contributed by atoms with Gasteiger partial charge in [0.25, 0.3) is 0 Å². The molecule has 1 saturated heterocycles. The summed E-state index contributed by atoms with van der Waals surface area (Å²) in [6.07, 6.45) is 1.23. The number of carbonyl (C=O) groups excluding carboxylic acids is 2. The highest BCUT2D eigenvalue weighted by molar-refractivity contribution is 6.03. The van der Waals surface area contributed by atoms with Crippen LogP contribution in [-0.2, 0) is 9.59 Å². The van der Waals surface area contributed by atoms with E-state index in [-0.39, 0.29) is 25.0 Å². The molecule has 0 saturated carbocycles. The third-order valence-corrected chi connectivity index (χ3v) is 4.97. The summed E-state index contributed by atoms with van der Waals surface area (Å²) < 4.78 is 16.3. The number of benzene rings is 2. The second kappa shape index (κ2) is 8.74. The van der Waals surface area contributed by atoms with Gasteiger partial charge in [-0.25, -0.2) is 0 Å². The van der Waals surface area contributed by atoms with Crippen molar-refractivity contribution in [2.24, 2.45) is 5.92 Å². The lowest BCUT2D eigenvalue weighted by Crippen LogP contribution is -2.28. The molecule has 0 aliphatic carbocycles. The van der Waals surface area contributed by atoms with E-state index in [9.17, 15) is 9.59 Å². The van der Waals surface area contributed by atoms with Crippen LogP contribution in [0.4, 0.5) is 11.4 Å². The van der Waals surface area contributed by atoms with Crippen molar-refractivity contribution in [3.05, 3.63) is 42.5 Å². The fourth-order valence-corrected chi connectivity index (χ4v) is 3.44. The molecular formula is C22H21N3O5. The fourth-order valence-electron chi connectivity index (χ4n) is 3.44. The molecule has 2 aromatic carbocycles. The van der Waals surface area contributed by atoms with Crippen LogP contribution in [0.3, 0.4) is 0 Å². The minimum absolute atomic E-state index is 0.108. The zero-order chi connectivity index (χ0) is 20.9. The van der Waals surface area contributed by atoms with E-state index in [1.165, 1.54) is 0 Å². The molecular weight excluding hydrogens is 386 g/mol. The first-order chi connectivity index (χ1) is 14.6. The van der Waals surface area contributed by atoms with E-state index >= 15 is 0 Å². The van der Waals surface area contributed by atoms with E-state index in [1.807, 2.05) is 0 Å². The molecule has 154 valence electrons. The van der Waals surface area contributed by atoms with Crippen LogP contribution in [0.5, 0.6) is 17.2 Å². The Bertz CT molecular complexity index is 1000. The average Bonchev–Trinajstić information content (AvgIpc) is 3.37. The van der Waals surface area contributed by atoms with Gasteiger partial charge in [0.15, 0.2) is 11.5 Å². The van der Waals surface area contributed by atoms with E-state index in [0.29, 0.717) is 54.6 Å². The van der Waals surface area contributed by atoms with Crippen LogP contribution < -0.4 is 24.4 Å². The van der Waals surface area contributed by atoms with E-state index in [0.717, 1.165) is 0 Å². The van der Waals surface area contributed by atoms with Crippen LogP contribution in [0.25, 0.3) is 0 Å². The Labute approximate surface area is 173 Å². The number of ether oxygens (including phenoxy) is 3. The van der Waals surface area contributed by atoms with Crippen molar-refractivity contribution in [1.82, 2.24) is 0 Å². The van der Waals surface area contributed by atoms with Gasteiger partial charge in [0.2, 0.25) is 18.6 Å². The maximum absolute atomic E-state index is 12.7. The predicted molar refractivity (Wildman–Crippen MR) is 108 cm³/mol. The molecule has 0 spiro atoms. The van der Waals surface area contributed by atoms with Gasteiger partial charge in [-0.15, -0.1) is 0 Å². The van der Waals surface area contributed by atoms with Gasteiger partial charge in [0.05, 0.1) is 18.6 Å². The highest BCUT2D eigenvalue weighted by Gasteiger charge is 2.35. The van der Waals surface area contributed by atoms with Crippen LogP contribution in [0.2, 0.25) is 0 Å². The number of rotatable bonds is 7. The number of hydrogen-bond donors (Lipinski definition) is 1. The Balaban J connectivity index is 1.37. The fraction of sp³-hybridized carbons (Fsp3) is 0.318. The highest BCUT2D eigenvalue weighted by atomic mass is 16.7. The monoisotopic (exact) mass is 407 g/mol. The molecule has 2 aliphatic heterocycles. The Morgan fingerprint density at radius 1 is 1.23 bits per heavy atom. The number of unbranched alkanes of at least 4 members (excludes halogenated alkanes) is 1. The molecule has 1 N–H and O–H groups in total. The van der Waals surface area contributed by atoms with Crippen LogP contribution in [-0.4, -0.2) is 31.8 Å². The van der Waals surface area contributed by atoms with Crippen molar-refractivity contribution in [2.45, 2.75) is 19.3 Å². The molecule has 0 aromatic heterocycles. The summed E-state index contributed by atoms with van der Waals surface area (Å²) in [6.45, 7) is 0.903. The average molecular weight is 407 g/mol. The van der Waals surface area contributed by atoms with Gasteiger partial charge in [-0.1, -0.05) is 6.07 Å². The molecule has 2 heterocycles. The number of nitriles is 1. The number of nitrogens with zero attached hydrogens (tertiary/aromatic N) is 2. The standard InChI is InChI=1S/C22H21N3O5/c23-8-1-2-9-28-18-5-3-4-16(11-18)24-22(27)15-10-21(26)25(13-15)17-6-7-19-20(12-17)30-14-29-19/h3-7,11-12,15H,1-2,9-10,13-14H2,(H,24,27). The van der Waals surface area contributed by atoms with Crippen LogP contribution in [0.1, 0.15) is 19.3 Å². The SMILES string of the molecule is N#CCCCOc1cccc(NC(=O)C2CC(=O)N(c3ccc4c(c3)OCO4)C2)c1. The quantitative estimate of drug-likeness (QED) is 0.708. The minimum atomic E-state index is -0.455. The number of fused-ring (bicyclic) bond motifs is 1. The largest absolute Gasteiger partial charge is 0.493 e. The number of carbonyl (C=O) groups is 2. The van der Waals surface area contributed by atoms with Crippen molar-refractivity contribution in [2.75, 3.05) is 30.2 Å². The maximum Gasteiger partial charge on any atom is 0.231 e. The van der Waals surface area contributed by atoms with Crippen molar-refractivity contribution in [1.29, 1.82) is 5.26 Å². The molecule has 8 heteroatoms. The number of nitrogens with one attached hydrogen (secondary N) is 1. The Kier molecular flexibility index (Phi) is 5.70. The molecule has 1 fully saturated rings. The Morgan fingerprint density at radius 3 is 2.97 bits per heavy atom. The van der Waals surface area contributed by atoms with E-state index < -0.39 is 5.92 Å². The molecule has 2 aliphatic rings. The first-order valence-corrected chi connectivity index (χ1v) is 9.75. The van der Waals surface area contributed by atoms with Crippen LogP contribution >= 0.6 is 0 Å². The van der Waals surface area contributed by atoms with Crippen molar-refractivity contribution in [3.63, 3.8) is 0 Å². The third kappa shape index (κ3) is 4.30. The van der Waals surface area contributed by atoms with Crippen molar-refractivity contribution < 1.29 is 23.8 Å². The van der Waals surface area contributed by atoms with Gasteiger partial charge in [-0.2, -0.15) is 5.26 Å². The molecule has 30 heavy (non-hydrogen) atoms. The second-order valence-corrected chi connectivity index (χ2v) is 7.07. The molecule has 0 radical (unpaired) electrons. The third-order valence-electron chi connectivity index (χ3n) is 4.97. The normalized spacial score (nSPS) is 17.0. The predicted octanol–water partition coefficient (Wildman–Crippen LogP) is 3.09. The summed E-state index contributed by atoms with van der Waals surface area (Å²) in [5.41, 5.74) is 1.29. The molecule has 2 amide bonds. The first-order valence-electron chi connectivity index (χ1n) is 9.75. The van der Waals surface area contributed by atoms with E-state index in [4.69, 9.17) is 19.5 Å². The Hall–Kier alpha value is -3.73. The summed E-state index contributed by atoms with van der Waals surface area (Å²) in [5, 5.41) is 11.4. The number of anilines is 2. The van der Waals surface area contributed by atoms with Gasteiger partial charge in [0.1, 0.15) is 5.75 Å². The summed E-state index contributed by atoms with van der Waals surface area (Å²) in [7, 11) is 0. The summed E-state index contributed by atoms with van der Waals surface area (Å²) in [4.78, 5) is 26.8. The van der Waals surface area contributed by atoms with Crippen molar-refractivity contribution in [3.8, 4) is 23.3 Å². The van der Waals surface area contributed by atoms with Gasteiger partial charge in [-0.05, 0) is 30.7 Å². The molecule has 1 atom stereocenters. The van der Waals surface area contributed by atoms with Crippen LogP contribution in [0.15, 0.2) is 42.5 Å². The van der Waals surface area contributed by atoms with Gasteiger partial charge >= 0.3 is 0 Å². The summed E-state index contributed by atoms with van der Waals surface area (Å²) >= 11 is 0. The van der Waals surface area contributed by atoms with E-state index in [1.54, 1.807) is 47.4 Å². The smallest absolute Gasteiger partial charge is 0.231 e. The molecule has 0 bridgehead atoms. The lowest BCUT2D eigenvalue weighted by molar-refractivity contribution is -0.122. The molecule has 8 nitrogen and oxygen atoms in total. The van der Waals surface area contributed by atoms with Crippen LogP contribution in [0, 0.1) is 17.2 Å².